The second kappa shape index (κ2) is 7.49. The molecule has 4 rings (SSSR count). The number of hydrogen-bond acceptors (Lipinski definition) is 6. The molecule has 1 aromatic carbocycles. The number of rotatable bonds is 5. The average molecular weight is 386 g/mol. The lowest BCUT2D eigenvalue weighted by Gasteiger charge is -2.36. The largest absolute Gasteiger partial charge is 0.465 e. The smallest absolute Gasteiger partial charge is 0.407 e. The van der Waals surface area contributed by atoms with E-state index in [1.807, 2.05) is 25.1 Å². The lowest BCUT2D eigenvalue weighted by molar-refractivity contribution is 0.0415. The van der Waals surface area contributed by atoms with Crippen molar-refractivity contribution in [3.63, 3.8) is 0 Å². The van der Waals surface area contributed by atoms with Crippen molar-refractivity contribution in [1.82, 2.24) is 20.4 Å². The summed E-state index contributed by atoms with van der Waals surface area (Å²) in [6.07, 6.45) is 0.941. The van der Waals surface area contributed by atoms with Crippen molar-refractivity contribution < 1.29 is 24.0 Å². The van der Waals surface area contributed by atoms with Gasteiger partial charge in [0, 0.05) is 31.0 Å². The molecule has 1 aliphatic carbocycles. The number of alkyl carbamates (subject to hydrolysis) is 1. The van der Waals surface area contributed by atoms with Crippen molar-refractivity contribution in [1.29, 1.82) is 0 Å². The van der Waals surface area contributed by atoms with E-state index in [2.05, 4.69) is 15.5 Å². The van der Waals surface area contributed by atoms with Gasteiger partial charge in [0.15, 0.2) is 0 Å². The van der Waals surface area contributed by atoms with E-state index < -0.39 is 12.2 Å². The number of amides is 2. The van der Waals surface area contributed by atoms with Crippen molar-refractivity contribution in [2.24, 2.45) is 5.92 Å². The van der Waals surface area contributed by atoms with E-state index in [9.17, 15) is 9.59 Å². The minimum atomic E-state index is -0.936. The van der Waals surface area contributed by atoms with Crippen LogP contribution in [0.3, 0.4) is 0 Å². The monoisotopic (exact) mass is 386 g/mol. The van der Waals surface area contributed by atoms with E-state index in [4.69, 9.17) is 14.4 Å². The summed E-state index contributed by atoms with van der Waals surface area (Å²) in [6.45, 7) is 3.01. The van der Waals surface area contributed by atoms with Gasteiger partial charge in [-0.05, 0) is 30.0 Å². The van der Waals surface area contributed by atoms with E-state index in [1.165, 1.54) is 4.90 Å². The zero-order chi connectivity index (χ0) is 19.7. The summed E-state index contributed by atoms with van der Waals surface area (Å²) < 4.78 is 10.4. The molecule has 1 aromatic heterocycles. The molecule has 1 saturated heterocycles. The Balaban J connectivity index is 1.32. The zero-order valence-corrected chi connectivity index (χ0v) is 15.6. The number of carboxylic acid groups (broad SMARTS) is 1. The number of nitrogens with zero attached hydrogens (tertiary/aromatic N) is 3. The van der Waals surface area contributed by atoms with Crippen LogP contribution in [-0.2, 0) is 17.6 Å². The van der Waals surface area contributed by atoms with Crippen molar-refractivity contribution >= 4 is 12.2 Å². The molecule has 28 heavy (non-hydrogen) atoms. The topological polar surface area (TPSA) is 118 Å². The fourth-order valence-electron chi connectivity index (χ4n) is 3.63. The van der Waals surface area contributed by atoms with Crippen molar-refractivity contribution in [2.75, 3.05) is 19.7 Å². The first-order chi connectivity index (χ1) is 13.5. The molecule has 9 heteroatoms. The number of ether oxygens (including phenoxy) is 1. The van der Waals surface area contributed by atoms with E-state index in [1.54, 1.807) is 0 Å². The molecule has 2 aliphatic rings. The fraction of sp³-hybridized carbons (Fsp3) is 0.474. The maximum absolute atomic E-state index is 12.1. The first-order valence-electron chi connectivity index (χ1n) is 9.40. The van der Waals surface area contributed by atoms with Gasteiger partial charge >= 0.3 is 12.2 Å². The van der Waals surface area contributed by atoms with Gasteiger partial charge in [-0.25, -0.2) is 9.59 Å². The number of aryl methyl sites for hydroxylation is 2. The van der Waals surface area contributed by atoms with Gasteiger partial charge in [-0.15, -0.1) is 0 Å². The standard InChI is InChI=1S/C19H22N4O5/c1-2-16-21-17(22-28-16)13-3-5-14-12(7-13)4-6-15(14)20-18(24)27-10-11-8-23(9-11)19(25)26/h3,5,7,11,15H,2,4,6,8-10H2,1H3,(H,20,24)(H,25,26)/t15-/m1/s1. The van der Waals surface area contributed by atoms with Gasteiger partial charge in [-0.3, -0.25) is 0 Å². The number of hydrogen-bond donors (Lipinski definition) is 2. The third-order valence-corrected chi connectivity index (χ3v) is 5.22. The van der Waals surface area contributed by atoms with Crippen molar-refractivity contribution in [2.45, 2.75) is 32.2 Å². The van der Waals surface area contributed by atoms with Crippen LogP contribution in [0.15, 0.2) is 22.7 Å². The molecular weight excluding hydrogens is 364 g/mol. The van der Waals surface area contributed by atoms with Gasteiger partial charge in [0.1, 0.15) is 0 Å². The first-order valence-corrected chi connectivity index (χ1v) is 9.40. The molecule has 1 aliphatic heterocycles. The summed E-state index contributed by atoms with van der Waals surface area (Å²) in [5.74, 6) is 1.25. The molecular formula is C19H22N4O5. The Labute approximate surface area is 161 Å². The quantitative estimate of drug-likeness (QED) is 0.811. The molecule has 0 radical (unpaired) electrons. The van der Waals surface area contributed by atoms with Crippen LogP contribution in [0.4, 0.5) is 9.59 Å². The van der Waals surface area contributed by atoms with Crippen LogP contribution >= 0.6 is 0 Å². The van der Waals surface area contributed by atoms with Crippen molar-refractivity contribution in [3.8, 4) is 11.4 Å². The van der Waals surface area contributed by atoms with Crippen LogP contribution in [0.25, 0.3) is 11.4 Å². The minimum absolute atomic E-state index is 0.0724. The highest BCUT2D eigenvalue weighted by Crippen LogP contribution is 2.33. The Bertz CT molecular complexity index is 890. The van der Waals surface area contributed by atoms with Gasteiger partial charge in [0.05, 0.1) is 12.6 Å². The summed E-state index contributed by atoms with van der Waals surface area (Å²) in [5, 5.41) is 15.7. The second-order valence-electron chi connectivity index (χ2n) is 7.17. The molecule has 2 N–H and O–H groups in total. The molecule has 2 amide bonds. The molecule has 0 unspecified atom stereocenters. The number of likely N-dealkylation sites (tertiary alicyclic amines) is 1. The highest BCUT2D eigenvalue weighted by molar-refractivity contribution is 5.69. The third-order valence-electron chi connectivity index (χ3n) is 5.22. The highest BCUT2D eigenvalue weighted by Gasteiger charge is 2.32. The van der Waals surface area contributed by atoms with Gasteiger partial charge in [0.25, 0.3) is 0 Å². The lowest BCUT2D eigenvalue weighted by atomic mass is 10.0. The van der Waals surface area contributed by atoms with Gasteiger partial charge < -0.3 is 24.6 Å². The first kappa shape index (κ1) is 18.3. The SMILES string of the molecule is CCc1nc(-c2ccc3c(c2)CC[C@H]3NC(=O)OCC2CN(C(=O)O)C2)no1. The zero-order valence-electron chi connectivity index (χ0n) is 15.6. The Morgan fingerprint density at radius 3 is 2.93 bits per heavy atom. The van der Waals surface area contributed by atoms with Crippen molar-refractivity contribution in [3.05, 3.63) is 35.2 Å². The van der Waals surface area contributed by atoms with Crippen LogP contribution < -0.4 is 5.32 Å². The molecule has 2 aromatic rings. The molecule has 1 atom stereocenters. The summed E-state index contributed by atoms with van der Waals surface area (Å²) >= 11 is 0. The van der Waals surface area contributed by atoms with Crippen LogP contribution in [0.1, 0.15) is 36.4 Å². The predicted octanol–water partition coefficient (Wildman–Crippen LogP) is 2.62. The normalized spacial score (nSPS) is 18.5. The van der Waals surface area contributed by atoms with E-state index in [0.29, 0.717) is 31.2 Å². The fourth-order valence-corrected chi connectivity index (χ4v) is 3.63. The van der Waals surface area contributed by atoms with Gasteiger partial charge in [-0.2, -0.15) is 4.98 Å². The summed E-state index contributed by atoms with van der Waals surface area (Å²) in [6, 6.07) is 5.87. The number of carbonyl (C=O) groups is 2. The number of carbonyl (C=O) groups excluding carboxylic acids is 1. The van der Waals surface area contributed by atoms with Gasteiger partial charge in [-0.1, -0.05) is 24.2 Å². The number of fused-ring (bicyclic) bond motifs is 1. The van der Waals surface area contributed by atoms with Crippen LogP contribution in [0, 0.1) is 5.92 Å². The number of aromatic nitrogens is 2. The molecule has 0 saturated carbocycles. The molecule has 0 spiro atoms. The molecule has 2 heterocycles. The lowest BCUT2D eigenvalue weighted by Crippen LogP contribution is -2.51. The highest BCUT2D eigenvalue weighted by atomic mass is 16.5. The minimum Gasteiger partial charge on any atom is -0.465 e. The molecule has 148 valence electrons. The molecule has 0 bridgehead atoms. The summed E-state index contributed by atoms with van der Waals surface area (Å²) in [4.78, 5) is 28.5. The Hall–Kier alpha value is -3.10. The third kappa shape index (κ3) is 3.64. The van der Waals surface area contributed by atoms with Crippen LogP contribution in [-0.4, -0.2) is 52.0 Å². The summed E-state index contributed by atoms with van der Waals surface area (Å²) in [5.41, 5.74) is 3.13. The van der Waals surface area contributed by atoms with E-state index >= 15 is 0 Å². The van der Waals surface area contributed by atoms with Crippen LogP contribution in [0.5, 0.6) is 0 Å². The molecule has 9 nitrogen and oxygen atoms in total. The van der Waals surface area contributed by atoms with E-state index in [-0.39, 0.29) is 18.6 Å². The predicted molar refractivity (Wildman–Crippen MR) is 97.7 cm³/mol. The average Bonchev–Trinajstić information content (AvgIpc) is 3.27. The second-order valence-corrected chi connectivity index (χ2v) is 7.17. The van der Waals surface area contributed by atoms with E-state index in [0.717, 1.165) is 29.5 Å². The Morgan fingerprint density at radius 1 is 1.39 bits per heavy atom. The van der Waals surface area contributed by atoms with Gasteiger partial charge in [0.2, 0.25) is 11.7 Å². The Kier molecular flexibility index (Phi) is 4.89. The number of nitrogens with one attached hydrogen (secondary N) is 1. The Morgan fingerprint density at radius 2 is 2.21 bits per heavy atom. The molecule has 1 fully saturated rings. The maximum atomic E-state index is 12.1. The maximum Gasteiger partial charge on any atom is 0.407 e. The van der Waals surface area contributed by atoms with Crippen LogP contribution in [0.2, 0.25) is 0 Å². The summed E-state index contributed by atoms with van der Waals surface area (Å²) in [7, 11) is 0. The number of benzene rings is 1.